The highest BCUT2D eigenvalue weighted by Gasteiger charge is 2.18. The minimum absolute atomic E-state index is 0.212. The highest BCUT2D eigenvalue weighted by Crippen LogP contribution is 2.23. The van der Waals surface area contributed by atoms with Gasteiger partial charge in [-0.15, -0.1) is 11.3 Å². The average molecular weight is 396 g/mol. The number of hydrogen-bond donors (Lipinski definition) is 1. The van der Waals surface area contributed by atoms with E-state index in [1.54, 1.807) is 11.3 Å². The smallest absolute Gasteiger partial charge is 0.191 e. The van der Waals surface area contributed by atoms with Gasteiger partial charge >= 0.3 is 0 Å². The van der Waals surface area contributed by atoms with E-state index in [1.807, 2.05) is 35.7 Å². The molecule has 1 aromatic heterocycles. The zero-order valence-electron chi connectivity index (χ0n) is 15.5. The molecule has 0 unspecified atom stereocenters. The van der Waals surface area contributed by atoms with Crippen molar-refractivity contribution >= 4 is 23.0 Å². The lowest BCUT2D eigenvalue weighted by atomic mass is 10.2. The monoisotopic (exact) mass is 395 g/mol. The fraction of sp³-hybridized carbons (Fsp3) is 0.238. The summed E-state index contributed by atoms with van der Waals surface area (Å²) in [6, 6.07) is 16.8. The molecule has 1 fully saturated rings. The van der Waals surface area contributed by atoms with Crippen LogP contribution < -0.4 is 10.6 Å². The third kappa shape index (κ3) is 4.31. The van der Waals surface area contributed by atoms with Gasteiger partial charge in [0, 0.05) is 42.8 Å². The van der Waals surface area contributed by atoms with Gasteiger partial charge in [0.2, 0.25) is 0 Å². The molecule has 4 rings (SSSR count). The van der Waals surface area contributed by atoms with Crippen molar-refractivity contribution in [1.82, 2.24) is 9.88 Å². The van der Waals surface area contributed by atoms with Gasteiger partial charge in [-0.25, -0.2) is 14.4 Å². The van der Waals surface area contributed by atoms with Crippen LogP contribution in [-0.4, -0.2) is 42.0 Å². The summed E-state index contributed by atoms with van der Waals surface area (Å²) >= 11 is 1.62. The summed E-state index contributed by atoms with van der Waals surface area (Å²) in [5, 5.41) is 3.03. The second-order valence-corrected chi connectivity index (χ2v) is 7.49. The molecule has 1 aliphatic heterocycles. The third-order valence-electron chi connectivity index (χ3n) is 4.77. The molecule has 0 saturated carbocycles. The van der Waals surface area contributed by atoms with Crippen molar-refractivity contribution < 1.29 is 4.39 Å². The molecule has 144 valence electrons. The van der Waals surface area contributed by atoms with Gasteiger partial charge in [0.25, 0.3) is 0 Å². The van der Waals surface area contributed by atoms with Crippen molar-refractivity contribution in [2.24, 2.45) is 10.7 Å². The molecule has 5 nitrogen and oxygen atoms in total. The maximum atomic E-state index is 13.1. The van der Waals surface area contributed by atoms with Crippen LogP contribution in [0.3, 0.4) is 0 Å². The summed E-state index contributed by atoms with van der Waals surface area (Å²) < 4.78 is 13.1. The van der Waals surface area contributed by atoms with E-state index in [-0.39, 0.29) is 5.82 Å². The minimum Gasteiger partial charge on any atom is -0.370 e. The Balaban J connectivity index is 1.33. The number of aliphatic imine (C=N–C) groups is 1. The first-order valence-corrected chi connectivity index (χ1v) is 10.1. The van der Waals surface area contributed by atoms with Crippen LogP contribution in [0.25, 0.3) is 10.6 Å². The molecule has 0 radical (unpaired) electrons. The molecule has 0 amide bonds. The van der Waals surface area contributed by atoms with Gasteiger partial charge < -0.3 is 15.5 Å². The quantitative estimate of drug-likeness (QED) is 0.542. The highest BCUT2D eigenvalue weighted by molar-refractivity contribution is 7.13. The Morgan fingerprint density at radius 2 is 1.75 bits per heavy atom. The summed E-state index contributed by atoms with van der Waals surface area (Å²) in [6.07, 6.45) is 0. The van der Waals surface area contributed by atoms with E-state index in [0.717, 1.165) is 48.1 Å². The molecule has 3 aromatic rings. The van der Waals surface area contributed by atoms with Crippen LogP contribution in [0.4, 0.5) is 10.1 Å². The number of rotatable bonds is 4. The first-order valence-electron chi connectivity index (χ1n) is 9.24. The Labute approximate surface area is 168 Å². The molecule has 7 heteroatoms. The molecule has 0 aliphatic carbocycles. The SMILES string of the molecule is NC(=NCc1csc(-c2ccccc2)n1)N1CCN(c2ccc(F)cc2)CC1. The zero-order valence-corrected chi connectivity index (χ0v) is 16.3. The number of piperazine rings is 1. The predicted octanol–water partition coefficient (Wildman–Crippen LogP) is 3.59. The average Bonchev–Trinajstić information content (AvgIpc) is 3.22. The summed E-state index contributed by atoms with van der Waals surface area (Å²) in [6.45, 7) is 3.72. The van der Waals surface area contributed by atoms with Crippen molar-refractivity contribution in [2.75, 3.05) is 31.1 Å². The van der Waals surface area contributed by atoms with Gasteiger partial charge in [-0.1, -0.05) is 30.3 Å². The number of benzene rings is 2. The van der Waals surface area contributed by atoms with E-state index in [9.17, 15) is 4.39 Å². The largest absolute Gasteiger partial charge is 0.370 e. The second-order valence-electron chi connectivity index (χ2n) is 6.63. The number of nitrogens with zero attached hydrogens (tertiary/aromatic N) is 4. The number of aromatic nitrogens is 1. The lowest BCUT2D eigenvalue weighted by Crippen LogP contribution is -2.51. The normalized spacial score (nSPS) is 15.1. The molecule has 1 saturated heterocycles. The van der Waals surface area contributed by atoms with Crippen molar-refractivity contribution in [3.05, 3.63) is 71.5 Å². The van der Waals surface area contributed by atoms with Crippen LogP contribution in [0.15, 0.2) is 65.0 Å². The molecule has 1 aliphatic rings. The Bertz CT molecular complexity index is 931. The Morgan fingerprint density at radius 1 is 1.04 bits per heavy atom. The molecular formula is C21H22FN5S. The molecular weight excluding hydrogens is 373 g/mol. The zero-order chi connectivity index (χ0) is 19.3. The van der Waals surface area contributed by atoms with E-state index in [4.69, 9.17) is 5.73 Å². The van der Waals surface area contributed by atoms with E-state index < -0.39 is 0 Å². The lowest BCUT2D eigenvalue weighted by Gasteiger charge is -2.36. The lowest BCUT2D eigenvalue weighted by molar-refractivity contribution is 0.380. The van der Waals surface area contributed by atoms with E-state index >= 15 is 0 Å². The van der Waals surface area contributed by atoms with Gasteiger partial charge in [-0.2, -0.15) is 0 Å². The Morgan fingerprint density at radius 3 is 2.46 bits per heavy atom. The van der Waals surface area contributed by atoms with Crippen LogP contribution in [0.1, 0.15) is 5.69 Å². The molecule has 0 atom stereocenters. The first-order chi connectivity index (χ1) is 13.7. The standard InChI is InChI=1S/C21H22FN5S/c22-17-6-8-19(9-7-17)26-10-12-27(13-11-26)21(23)24-14-18-15-28-20(25-18)16-4-2-1-3-5-16/h1-9,15H,10-14H2,(H2,23,24). The number of thiazole rings is 1. The van der Waals surface area contributed by atoms with Crippen molar-refractivity contribution in [3.63, 3.8) is 0 Å². The van der Waals surface area contributed by atoms with Crippen molar-refractivity contribution in [3.8, 4) is 10.6 Å². The summed E-state index contributed by atoms with van der Waals surface area (Å²) in [5.74, 6) is 0.337. The van der Waals surface area contributed by atoms with Crippen LogP contribution in [0.5, 0.6) is 0 Å². The maximum absolute atomic E-state index is 13.1. The summed E-state index contributed by atoms with van der Waals surface area (Å²) in [7, 11) is 0. The minimum atomic E-state index is -0.212. The second kappa shape index (κ2) is 8.39. The van der Waals surface area contributed by atoms with Gasteiger partial charge in [0.15, 0.2) is 5.96 Å². The van der Waals surface area contributed by atoms with Crippen molar-refractivity contribution in [2.45, 2.75) is 6.54 Å². The fourth-order valence-electron chi connectivity index (χ4n) is 3.20. The van der Waals surface area contributed by atoms with Crippen molar-refractivity contribution in [1.29, 1.82) is 0 Å². The van der Waals surface area contributed by atoms with Gasteiger partial charge in [0.1, 0.15) is 10.8 Å². The predicted molar refractivity (Wildman–Crippen MR) is 113 cm³/mol. The van der Waals surface area contributed by atoms with E-state index in [1.165, 1.54) is 12.1 Å². The van der Waals surface area contributed by atoms with E-state index in [0.29, 0.717) is 12.5 Å². The first kappa shape index (κ1) is 18.4. The molecule has 2 heterocycles. The van der Waals surface area contributed by atoms with Crippen LogP contribution in [0, 0.1) is 5.82 Å². The van der Waals surface area contributed by atoms with Crippen LogP contribution in [0.2, 0.25) is 0 Å². The molecule has 28 heavy (non-hydrogen) atoms. The summed E-state index contributed by atoms with van der Waals surface area (Å²) in [4.78, 5) is 13.5. The molecule has 2 aromatic carbocycles. The molecule has 0 spiro atoms. The van der Waals surface area contributed by atoms with Crippen LogP contribution >= 0.6 is 11.3 Å². The number of guanidine groups is 1. The third-order valence-corrected chi connectivity index (χ3v) is 5.71. The number of hydrogen-bond acceptors (Lipinski definition) is 4. The Kier molecular flexibility index (Phi) is 5.53. The number of nitrogens with two attached hydrogens (primary N) is 1. The van der Waals surface area contributed by atoms with E-state index in [2.05, 4.69) is 31.9 Å². The van der Waals surface area contributed by atoms with Gasteiger partial charge in [-0.3, -0.25) is 0 Å². The summed E-state index contributed by atoms with van der Waals surface area (Å²) in [5.41, 5.74) is 9.28. The van der Waals surface area contributed by atoms with Gasteiger partial charge in [-0.05, 0) is 24.3 Å². The highest BCUT2D eigenvalue weighted by atomic mass is 32.1. The number of anilines is 1. The van der Waals surface area contributed by atoms with Gasteiger partial charge in [0.05, 0.1) is 12.2 Å². The number of halogens is 1. The fourth-order valence-corrected chi connectivity index (χ4v) is 4.02. The molecule has 0 bridgehead atoms. The molecule has 2 N–H and O–H groups in total. The Hall–Kier alpha value is -2.93. The topological polar surface area (TPSA) is 57.8 Å². The van der Waals surface area contributed by atoms with Crippen LogP contribution in [-0.2, 0) is 6.54 Å². The maximum Gasteiger partial charge on any atom is 0.191 e.